The summed E-state index contributed by atoms with van der Waals surface area (Å²) < 4.78 is 2.10. The molecule has 2 rings (SSSR count). The van der Waals surface area contributed by atoms with Crippen LogP contribution in [0.15, 0.2) is 24.5 Å². The summed E-state index contributed by atoms with van der Waals surface area (Å²) in [6.07, 6.45) is 4.76. The van der Waals surface area contributed by atoms with Crippen LogP contribution >= 0.6 is 0 Å². The molecule has 13 heavy (non-hydrogen) atoms. The van der Waals surface area contributed by atoms with E-state index >= 15 is 0 Å². The van der Waals surface area contributed by atoms with E-state index in [0.29, 0.717) is 6.54 Å². The lowest BCUT2D eigenvalue weighted by molar-refractivity contribution is 0.862. The number of nitrogens with two attached hydrogens (primary N) is 1. The molecule has 0 aliphatic rings. The lowest BCUT2D eigenvalue weighted by atomic mass is 10.2. The van der Waals surface area contributed by atoms with Gasteiger partial charge in [-0.05, 0) is 25.1 Å². The van der Waals surface area contributed by atoms with Crippen LogP contribution in [0.5, 0.6) is 0 Å². The molecule has 0 spiro atoms. The first kappa shape index (κ1) is 8.26. The third-order valence-electron chi connectivity index (χ3n) is 2.23. The molecule has 2 N–H and O–H groups in total. The maximum atomic E-state index is 5.50. The summed E-state index contributed by atoms with van der Waals surface area (Å²) in [5.41, 5.74) is 7.92. The molecule has 3 heteroatoms. The van der Waals surface area contributed by atoms with Crippen LogP contribution in [-0.4, -0.2) is 15.9 Å². The number of imidazole rings is 1. The fourth-order valence-corrected chi connectivity index (χ4v) is 1.53. The van der Waals surface area contributed by atoms with Crippen LogP contribution < -0.4 is 5.73 Å². The van der Waals surface area contributed by atoms with Gasteiger partial charge in [0.05, 0.1) is 11.7 Å². The smallest absolute Gasteiger partial charge is 0.114 e. The van der Waals surface area contributed by atoms with Gasteiger partial charge in [0.1, 0.15) is 5.82 Å². The summed E-state index contributed by atoms with van der Waals surface area (Å²) in [5, 5.41) is 0. The van der Waals surface area contributed by atoms with E-state index in [2.05, 4.69) is 22.4 Å². The number of hydrogen-bond acceptors (Lipinski definition) is 2. The van der Waals surface area contributed by atoms with Crippen molar-refractivity contribution in [2.24, 2.45) is 5.73 Å². The Morgan fingerprint density at radius 3 is 3.15 bits per heavy atom. The van der Waals surface area contributed by atoms with E-state index in [9.17, 15) is 0 Å². The number of aryl methyl sites for hydroxylation is 1. The van der Waals surface area contributed by atoms with Crippen molar-refractivity contribution < 1.29 is 0 Å². The Morgan fingerprint density at radius 2 is 2.38 bits per heavy atom. The van der Waals surface area contributed by atoms with Gasteiger partial charge in [0.25, 0.3) is 0 Å². The topological polar surface area (TPSA) is 43.3 Å². The van der Waals surface area contributed by atoms with Crippen molar-refractivity contribution in [3.05, 3.63) is 35.9 Å². The second-order valence-corrected chi connectivity index (χ2v) is 3.16. The molecule has 3 nitrogen and oxygen atoms in total. The Hall–Kier alpha value is -1.35. The zero-order valence-corrected chi connectivity index (χ0v) is 7.70. The number of nitrogens with zero attached hydrogens (tertiary/aromatic N) is 2. The fraction of sp³-hybridized carbons (Fsp3) is 0.300. The van der Waals surface area contributed by atoms with Gasteiger partial charge >= 0.3 is 0 Å². The van der Waals surface area contributed by atoms with Crippen molar-refractivity contribution in [1.82, 2.24) is 9.38 Å². The molecule has 0 saturated heterocycles. The molecule has 0 aromatic carbocycles. The van der Waals surface area contributed by atoms with E-state index in [-0.39, 0.29) is 0 Å². The second-order valence-electron chi connectivity index (χ2n) is 3.16. The predicted molar refractivity (Wildman–Crippen MR) is 52.7 cm³/mol. The first-order chi connectivity index (χ1) is 6.33. The predicted octanol–water partition coefficient (Wildman–Crippen LogP) is 1.14. The molecule has 0 amide bonds. The quantitative estimate of drug-likeness (QED) is 0.744. The lowest BCUT2D eigenvalue weighted by Crippen LogP contribution is -2.06. The van der Waals surface area contributed by atoms with Crippen molar-refractivity contribution in [2.45, 2.75) is 13.3 Å². The molecule has 0 fully saturated rings. The summed E-state index contributed by atoms with van der Waals surface area (Å²) >= 11 is 0. The van der Waals surface area contributed by atoms with Crippen molar-refractivity contribution >= 4 is 5.52 Å². The third kappa shape index (κ3) is 1.31. The standard InChI is InChI=1S/C10H13N3/c1-8-3-2-6-13-9(8)7-12-10(13)4-5-11/h2-3,6-7H,4-5,11H2,1H3. The monoisotopic (exact) mass is 175 g/mol. The van der Waals surface area contributed by atoms with Gasteiger partial charge in [-0.1, -0.05) is 6.07 Å². The Morgan fingerprint density at radius 1 is 1.54 bits per heavy atom. The van der Waals surface area contributed by atoms with Crippen LogP contribution in [0.2, 0.25) is 0 Å². The zero-order valence-electron chi connectivity index (χ0n) is 7.70. The number of pyridine rings is 1. The average molecular weight is 175 g/mol. The molecule has 0 bridgehead atoms. The summed E-state index contributed by atoms with van der Waals surface area (Å²) in [6, 6.07) is 4.12. The number of aromatic nitrogens is 2. The normalized spacial score (nSPS) is 10.9. The molecule has 0 radical (unpaired) electrons. The van der Waals surface area contributed by atoms with Crippen LogP contribution in [0.1, 0.15) is 11.4 Å². The zero-order chi connectivity index (χ0) is 9.26. The van der Waals surface area contributed by atoms with Crippen LogP contribution in [0.3, 0.4) is 0 Å². The molecule has 2 aromatic rings. The highest BCUT2D eigenvalue weighted by atomic mass is 15.0. The minimum atomic E-state index is 0.646. The van der Waals surface area contributed by atoms with E-state index < -0.39 is 0 Å². The lowest BCUT2D eigenvalue weighted by Gasteiger charge is -2.00. The maximum Gasteiger partial charge on any atom is 0.114 e. The van der Waals surface area contributed by atoms with E-state index in [1.807, 2.05) is 18.5 Å². The van der Waals surface area contributed by atoms with Gasteiger partial charge in [0.2, 0.25) is 0 Å². The van der Waals surface area contributed by atoms with E-state index in [1.54, 1.807) is 0 Å². The van der Waals surface area contributed by atoms with Crippen molar-refractivity contribution in [3.63, 3.8) is 0 Å². The average Bonchev–Trinajstić information content (AvgIpc) is 2.51. The van der Waals surface area contributed by atoms with E-state index in [4.69, 9.17) is 5.73 Å². The van der Waals surface area contributed by atoms with E-state index in [0.717, 1.165) is 12.2 Å². The molecule has 2 heterocycles. The number of rotatable bonds is 2. The molecule has 0 aliphatic heterocycles. The third-order valence-corrected chi connectivity index (χ3v) is 2.23. The number of fused-ring (bicyclic) bond motifs is 1. The minimum absolute atomic E-state index is 0.646. The van der Waals surface area contributed by atoms with E-state index in [1.165, 1.54) is 11.1 Å². The molecule has 2 aromatic heterocycles. The Bertz CT molecular complexity index is 417. The summed E-state index contributed by atoms with van der Waals surface area (Å²) in [7, 11) is 0. The Balaban J connectivity index is 2.61. The molecule has 0 atom stereocenters. The highest BCUT2D eigenvalue weighted by molar-refractivity contribution is 5.53. The van der Waals surface area contributed by atoms with Crippen LogP contribution in [0, 0.1) is 6.92 Å². The van der Waals surface area contributed by atoms with Gasteiger partial charge in [-0.25, -0.2) is 4.98 Å². The molecular formula is C10H13N3. The summed E-state index contributed by atoms with van der Waals surface area (Å²) in [5.74, 6) is 1.04. The summed E-state index contributed by atoms with van der Waals surface area (Å²) in [4.78, 5) is 4.33. The highest BCUT2D eigenvalue weighted by Crippen LogP contribution is 2.11. The van der Waals surface area contributed by atoms with Gasteiger partial charge in [-0.2, -0.15) is 0 Å². The van der Waals surface area contributed by atoms with Crippen molar-refractivity contribution in [3.8, 4) is 0 Å². The molecule has 0 saturated carbocycles. The van der Waals surface area contributed by atoms with Crippen LogP contribution in [-0.2, 0) is 6.42 Å². The molecule has 0 unspecified atom stereocenters. The Labute approximate surface area is 77.2 Å². The van der Waals surface area contributed by atoms with Crippen molar-refractivity contribution in [2.75, 3.05) is 6.54 Å². The molecule has 0 aliphatic carbocycles. The minimum Gasteiger partial charge on any atom is -0.330 e. The van der Waals surface area contributed by atoms with Gasteiger partial charge in [0, 0.05) is 12.6 Å². The van der Waals surface area contributed by atoms with Crippen LogP contribution in [0.25, 0.3) is 5.52 Å². The highest BCUT2D eigenvalue weighted by Gasteiger charge is 2.02. The van der Waals surface area contributed by atoms with Crippen molar-refractivity contribution in [1.29, 1.82) is 0 Å². The van der Waals surface area contributed by atoms with Gasteiger partial charge in [0.15, 0.2) is 0 Å². The fourth-order valence-electron chi connectivity index (χ4n) is 1.53. The van der Waals surface area contributed by atoms with Gasteiger partial charge < -0.3 is 10.1 Å². The molecular weight excluding hydrogens is 162 g/mol. The largest absolute Gasteiger partial charge is 0.330 e. The number of hydrogen-bond donors (Lipinski definition) is 1. The second kappa shape index (κ2) is 3.18. The first-order valence-corrected chi connectivity index (χ1v) is 4.44. The maximum absolute atomic E-state index is 5.50. The Kier molecular flexibility index (Phi) is 2.02. The van der Waals surface area contributed by atoms with Crippen LogP contribution in [0.4, 0.5) is 0 Å². The van der Waals surface area contributed by atoms with Gasteiger partial charge in [-0.15, -0.1) is 0 Å². The van der Waals surface area contributed by atoms with Gasteiger partial charge in [-0.3, -0.25) is 0 Å². The summed E-state index contributed by atoms with van der Waals surface area (Å²) in [6.45, 7) is 2.73. The first-order valence-electron chi connectivity index (χ1n) is 4.44. The SMILES string of the molecule is Cc1cccn2c(CCN)ncc12. The molecule has 68 valence electrons.